The Bertz CT molecular complexity index is 1050. The van der Waals surface area contributed by atoms with Gasteiger partial charge in [-0.25, -0.2) is 13.2 Å². The predicted octanol–water partition coefficient (Wildman–Crippen LogP) is 2.53. The highest BCUT2D eigenvalue weighted by molar-refractivity contribution is 7.93. The molecule has 0 fully saturated rings. The highest BCUT2D eigenvalue weighted by Gasteiger charge is 2.33. The van der Waals surface area contributed by atoms with Crippen LogP contribution in [0.4, 0.5) is 11.4 Å². The summed E-state index contributed by atoms with van der Waals surface area (Å²) in [5.41, 5.74) is -0.638. The first-order valence-electron chi connectivity index (χ1n) is 8.91. The standard InChI is InChI=1S/C19H20N2O8S/c1-3-28-18(22)13-20(15-9-7-8-14(12-15)19(23)29-4-2)30(26,27)17-11-6-5-10-16(17)21(24)25/h5-12H,3-4,13H2,1-2H3. The van der Waals surface area contributed by atoms with Gasteiger partial charge in [0.05, 0.1) is 29.4 Å². The summed E-state index contributed by atoms with van der Waals surface area (Å²) in [5.74, 6) is -1.54. The van der Waals surface area contributed by atoms with Gasteiger partial charge in [0, 0.05) is 6.07 Å². The maximum Gasteiger partial charge on any atom is 0.338 e. The molecule has 160 valence electrons. The van der Waals surface area contributed by atoms with Crippen LogP contribution in [0.3, 0.4) is 0 Å². The molecule has 0 aliphatic carbocycles. The summed E-state index contributed by atoms with van der Waals surface area (Å²) in [4.78, 5) is 34.0. The molecule has 30 heavy (non-hydrogen) atoms. The quantitative estimate of drug-likeness (QED) is 0.333. The maximum atomic E-state index is 13.3. The van der Waals surface area contributed by atoms with E-state index < -0.39 is 44.0 Å². The van der Waals surface area contributed by atoms with Gasteiger partial charge in [0.25, 0.3) is 15.7 Å². The lowest BCUT2D eigenvalue weighted by Crippen LogP contribution is -2.37. The summed E-state index contributed by atoms with van der Waals surface area (Å²) < 4.78 is 37.0. The third kappa shape index (κ3) is 5.11. The highest BCUT2D eigenvalue weighted by atomic mass is 32.2. The zero-order chi connectivity index (χ0) is 22.3. The summed E-state index contributed by atoms with van der Waals surface area (Å²) in [7, 11) is -4.56. The molecule has 0 aromatic heterocycles. The Hall–Kier alpha value is -3.47. The van der Waals surface area contributed by atoms with Crippen molar-refractivity contribution in [2.24, 2.45) is 0 Å². The van der Waals surface area contributed by atoms with Crippen LogP contribution in [-0.4, -0.2) is 45.0 Å². The monoisotopic (exact) mass is 436 g/mol. The maximum absolute atomic E-state index is 13.3. The number of carbonyl (C=O) groups excluding carboxylic acids is 2. The van der Waals surface area contributed by atoms with Crippen LogP contribution in [-0.2, 0) is 24.3 Å². The molecule has 0 bridgehead atoms. The summed E-state index contributed by atoms with van der Waals surface area (Å²) in [5, 5.41) is 11.3. The number of para-hydroxylation sites is 1. The second kappa shape index (κ2) is 9.83. The van der Waals surface area contributed by atoms with Crippen molar-refractivity contribution in [2.45, 2.75) is 18.7 Å². The van der Waals surface area contributed by atoms with Crippen molar-refractivity contribution < 1.29 is 32.4 Å². The topological polar surface area (TPSA) is 133 Å². The molecule has 0 heterocycles. The van der Waals surface area contributed by atoms with Crippen molar-refractivity contribution in [1.82, 2.24) is 0 Å². The minimum absolute atomic E-state index is 0.0150. The van der Waals surface area contributed by atoms with E-state index in [1.165, 1.54) is 36.4 Å². The predicted molar refractivity (Wildman–Crippen MR) is 107 cm³/mol. The van der Waals surface area contributed by atoms with E-state index in [2.05, 4.69) is 0 Å². The average molecular weight is 436 g/mol. The van der Waals surface area contributed by atoms with Crippen molar-refractivity contribution >= 4 is 33.3 Å². The van der Waals surface area contributed by atoms with Crippen molar-refractivity contribution in [1.29, 1.82) is 0 Å². The first-order valence-corrected chi connectivity index (χ1v) is 10.3. The van der Waals surface area contributed by atoms with Crippen molar-refractivity contribution in [3.8, 4) is 0 Å². The summed E-state index contributed by atoms with van der Waals surface area (Å²) in [6, 6.07) is 10.2. The van der Waals surface area contributed by atoms with Crippen LogP contribution in [0.5, 0.6) is 0 Å². The van der Waals surface area contributed by atoms with Crippen molar-refractivity contribution in [3.63, 3.8) is 0 Å². The van der Waals surface area contributed by atoms with Crippen molar-refractivity contribution in [3.05, 3.63) is 64.2 Å². The summed E-state index contributed by atoms with van der Waals surface area (Å²) >= 11 is 0. The largest absolute Gasteiger partial charge is 0.465 e. The number of hydrogen-bond acceptors (Lipinski definition) is 8. The Balaban J connectivity index is 2.62. The molecule has 0 N–H and O–H groups in total. The lowest BCUT2D eigenvalue weighted by molar-refractivity contribution is -0.387. The molecule has 0 spiro atoms. The number of nitro benzene ring substituents is 1. The molecule has 0 amide bonds. The molecule has 2 aromatic carbocycles. The average Bonchev–Trinajstić information content (AvgIpc) is 2.72. The second-order valence-corrected chi connectivity index (χ2v) is 7.64. The van der Waals surface area contributed by atoms with Crippen LogP contribution in [0.25, 0.3) is 0 Å². The molecule has 10 nitrogen and oxygen atoms in total. The van der Waals surface area contributed by atoms with Gasteiger partial charge in [0.15, 0.2) is 4.90 Å². The van der Waals surface area contributed by atoms with E-state index in [1.54, 1.807) is 13.8 Å². The molecule has 0 atom stereocenters. The zero-order valence-electron chi connectivity index (χ0n) is 16.3. The number of ether oxygens (including phenoxy) is 2. The highest BCUT2D eigenvalue weighted by Crippen LogP contribution is 2.30. The third-order valence-electron chi connectivity index (χ3n) is 3.85. The van der Waals surface area contributed by atoms with E-state index in [0.717, 1.165) is 12.1 Å². The number of benzene rings is 2. The van der Waals surface area contributed by atoms with Gasteiger partial charge in [-0.2, -0.15) is 0 Å². The lowest BCUT2D eigenvalue weighted by Gasteiger charge is -2.23. The SMILES string of the molecule is CCOC(=O)CN(c1cccc(C(=O)OCC)c1)S(=O)(=O)c1ccccc1[N+](=O)[O-]. The molecule has 11 heteroatoms. The Morgan fingerprint density at radius 2 is 1.70 bits per heavy atom. The zero-order valence-corrected chi connectivity index (χ0v) is 17.1. The van der Waals surface area contributed by atoms with Crippen molar-refractivity contribution in [2.75, 3.05) is 24.1 Å². The van der Waals surface area contributed by atoms with Gasteiger partial charge < -0.3 is 9.47 Å². The molecular weight excluding hydrogens is 416 g/mol. The number of anilines is 1. The van der Waals surface area contributed by atoms with Gasteiger partial charge in [-0.15, -0.1) is 0 Å². The second-order valence-electron chi connectivity index (χ2n) is 5.81. The lowest BCUT2D eigenvalue weighted by atomic mass is 10.2. The summed E-state index contributed by atoms with van der Waals surface area (Å²) in [6.45, 7) is 2.56. The van der Waals surface area contributed by atoms with Gasteiger partial charge in [0.1, 0.15) is 6.54 Å². The molecule has 0 unspecified atom stereocenters. The fourth-order valence-electron chi connectivity index (χ4n) is 2.59. The molecular formula is C19H20N2O8S. The normalized spacial score (nSPS) is 10.9. The number of nitrogens with zero attached hydrogens (tertiary/aromatic N) is 2. The number of sulfonamides is 1. The van der Waals surface area contributed by atoms with Crippen LogP contribution >= 0.6 is 0 Å². The van der Waals surface area contributed by atoms with Gasteiger partial charge in [-0.3, -0.25) is 19.2 Å². The number of carbonyl (C=O) groups is 2. The van der Waals surface area contributed by atoms with Gasteiger partial charge in [-0.1, -0.05) is 18.2 Å². The Morgan fingerprint density at radius 1 is 1.03 bits per heavy atom. The molecule has 0 aliphatic rings. The first kappa shape index (κ1) is 22.8. The number of rotatable bonds is 9. The fourth-order valence-corrected chi connectivity index (χ4v) is 4.15. The Kier molecular flexibility index (Phi) is 7.48. The molecule has 0 radical (unpaired) electrons. The first-order chi connectivity index (χ1) is 14.2. The number of nitro groups is 1. The molecule has 0 aliphatic heterocycles. The Labute approximate surface area is 173 Å². The minimum Gasteiger partial charge on any atom is -0.465 e. The van der Waals surface area contributed by atoms with Crippen LogP contribution < -0.4 is 4.31 Å². The molecule has 2 rings (SSSR count). The number of esters is 2. The van der Waals surface area contributed by atoms with Gasteiger partial charge in [-0.05, 0) is 38.1 Å². The number of hydrogen-bond donors (Lipinski definition) is 0. The van der Waals surface area contributed by atoms with E-state index in [-0.39, 0.29) is 24.5 Å². The molecule has 2 aromatic rings. The van der Waals surface area contributed by atoms with E-state index in [4.69, 9.17) is 9.47 Å². The smallest absolute Gasteiger partial charge is 0.338 e. The van der Waals surface area contributed by atoms with Gasteiger partial charge in [0.2, 0.25) is 0 Å². The minimum atomic E-state index is -4.56. The molecule has 0 saturated carbocycles. The van der Waals surface area contributed by atoms with E-state index in [9.17, 15) is 28.1 Å². The van der Waals surface area contributed by atoms with Crippen LogP contribution in [0, 0.1) is 10.1 Å². The van der Waals surface area contributed by atoms with Crippen LogP contribution in [0.1, 0.15) is 24.2 Å². The summed E-state index contributed by atoms with van der Waals surface area (Å²) in [6.07, 6.45) is 0. The van der Waals surface area contributed by atoms with Crippen LogP contribution in [0.15, 0.2) is 53.4 Å². The van der Waals surface area contributed by atoms with Crippen LogP contribution in [0.2, 0.25) is 0 Å². The van der Waals surface area contributed by atoms with E-state index in [1.807, 2.05) is 0 Å². The fraction of sp³-hybridized carbons (Fsp3) is 0.263. The van der Waals surface area contributed by atoms with Gasteiger partial charge >= 0.3 is 11.9 Å². The molecule has 0 saturated heterocycles. The van der Waals surface area contributed by atoms with E-state index >= 15 is 0 Å². The Morgan fingerprint density at radius 3 is 2.33 bits per heavy atom. The third-order valence-corrected chi connectivity index (χ3v) is 5.67. The van der Waals surface area contributed by atoms with E-state index in [0.29, 0.717) is 4.31 Å².